The zero-order valence-electron chi connectivity index (χ0n) is 12.9. The molecular formula is C19H21NO2. The molecule has 1 aliphatic heterocycles. The number of nitrogens with zero attached hydrogens (tertiary/aromatic N) is 1. The SMILES string of the molecule is COc1ccc(N2CC(CCCc3ccccc3)C2=O)cc1. The fraction of sp³-hybridized carbons (Fsp3) is 0.316. The van der Waals surface area contributed by atoms with E-state index in [0.29, 0.717) is 0 Å². The molecule has 1 aliphatic rings. The molecule has 3 nitrogen and oxygen atoms in total. The van der Waals surface area contributed by atoms with Gasteiger partial charge in [0.25, 0.3) is 0 Å². The topological polar surface area (TPSA) is 29.5 Å². The Bertz CT molecular complexity index is 622. The van der Waals surface area contributed by atoms with Gasteiger partial charge in [0.2, 0.25) is 5.91 Å². The van der Waals surface area contributed by atoms with Crippen LogP contribution in [0.4, 0.5) is 5.69 Å². The van der Waals surface area contributed by atoms with E-state index in [4.69, 9.17) is 4.74 Å². The molecule has 0 spiro atoms. The molecule has 2 aromatic carbocycles. The third kappa shape index (κ3) is 3.14. The summed E-state index contributed by atoms with van der Waals surface area (Å²) in [6.45, 7) is 0.833. The smallest absolute Gasteiger partial charge is 0.231 e. The van der Waals surface area contributed by atoms with Crippen LogP contribution in [-0.2, 0) is 11.2 Å². The maximum absolute atomic E-state index is 12.3. The zero-order chi connectivity index (χ0) is 15.4. The second-order valence-electron chi connectivity index (χ2n) is 5.72. The first-order valence-electron chi connectivity index (χ1n) is 7.77. The Labute approximate surface area is 131 Å². The molecule has 0 bridgehead atoms. The van der Waals surface area contributed by atoms with Gasteiger partial charge in [-0.3, -0.25) is 4.79 Å². The maximum Gasteiger partial charge on any atom is 0.231 e. The lowest BCUT2D eigenvalue weighted by Gasteiger charge is -2.38. The van der Waals surface area contributed by atoms with Crippen molar-refractivity contribution in [2.45, 2.75) is 19.3 Å². The number of hydrogen-bond donors (Lipinski definition) is 0. The Morgan fingerprint density at radius 1 is 1.09 bits per heavy atom. The summed E-state index contributed by atoms with van der Waals surface area (Å²) in [6, 6.07) is 18.1. The Morgan fingerprint density at radius 2 is 1.82 bits per heavy atom. The summed E-state index contributed by atoms with van der Waals surface area (Å²) in [5.74, 6) is 1.25. The quantitative estimate of drug-likeness (QED) is 0.761. The molecule has 1 unspecified atom stereocenters. The first-order chi connectivity index (χ1) is 10.8. The van der Waals surface area contributed by atoms with Gasteiger partial charge in [0.15, 0.2) is 0 Å². The van der Waals surface area contributed by atoms with Gasteiger partial charge in [-0.25, -0.2) is 0 Å². The number of carbonyl (C=O) groups excluding carboxylic acids is 1. The summed E-state index contributed by atoms with van der Waals surface area (Å²) in [7, 11) is 1.65. The lowest BCUT2D eigenvalue weighted by Crippen LogP contribution is -2.52. The average molecular weight is 295 g/mol. The van der Waals surface area contributed by atoms with Crippen molar-refractivity contribution in [1.82, 2.24) is 0 Å². The van der Waals surface area contributed by atoms with E-state index in [2.05, 4.69) is 24.3 Å². The molecule has 0 aliphatic carbocycles. The van der Waals surface area contributed by atoms with Crippen LogP contribution in [0.2, 0.25) is 0 Å². The number of ether oxygens (including phenoxy) is 1. The molecule has 1 heterocycles. The molecule has 1 fully saturated rings. The van der Waals surface area contributed by atoms with Crippen LogP contribution in [0.25, 0.3) is 0 Å². The standard InChI is InChI=1S/C19H21NO2/c1-22-18-12-10-17(11-13-18)20-14-16(19(20)21)9-5-8-15-6-3-2-4-7-15/h2-4,6-7,10-13,16H,5,8-9,14H2,1H3. The molecule has 2 aromatic rings. The van der Waals surface area contributed by atoms with E-state index < -0.39 is 0 Å². The number of benzene rings is 2. The van der Waals surface area contributed by atoms with Gasteiger partial charge < -0.3 is 9.64 Å². The van der Waals surface area contributed by atoms with Crippen LogP contribution in [-0.4, -0.2) is 19.6 Å². The first-order valence-corrected chi connectivity index (χ1v) is 7.77. The predicted octanol–water partition coefficient (Wildman–Crippen LogP) is 3.68. The minimum atomic E-state index is 0.186. The van der Waals surface area contributed by atoms with Crippen molar-refractivity contribution in [3.8, 4) is 5.75 Å². The highest BCUT2D eigenvalue weighted by molar-refractivity contribution is 6.01. The fourth-order valence-electron chi connectivity index (χ4n) is 2.90. The maximum atomic E-state index is 12.3. The van der Waals surface area contributed by atoms with Crippen LogP contribution in [0.3, 0.4) is 0 Å². The Balaban J connectivity index is 1.47. The third-order valence-electron chi connectivity index (χ3n) is 4.26. The molecule has 3 heteroatoms. The molecule has 0 aromatic heterocycles. The lowest BCUT2D eigenvalue weighted by molar-refractivity contribution is -0.127. The van der Waals surface area contributed by atoms with E-state index in [1.165, 1.54) is 5.56 Å². The predicted molar refractivity (Wildman–Crippen MR) is 88.2 cm³/mol. The van der Waals surface area contributed by atoms with Crippen molar-refractivity contribution in [1.29, 1.82) is 0 Å². The van der Waals surface area contributed by atoms with Crippen LogP contribution in [0.5, 0.6) is 5.75 Å². The number of aryl methyl sites for hydroxylation is 1. The molecule has 1 amide bonds. The van der Waals surface area contributed by atoms with Crippen molar-refractivity contribution in [3.05, 3.63) is 60.2 Å². The van der Waals surface area contributed by atoms with Crippen LogP contribution in [0, 0.1) is 5.92 Å². The van der Waals surface area contributed by atoms with Crippen LogP contribution < -0.4 is 9.64 Å². The van der Waals surface area contributed by atoms with E-state index in [1.807, 2.05) is 35.2 Å². The highest BCUT2D eigenvalue weighted by Crippen LogP contribution is 2.30. The van der Waals surface area contributed by atoms with E-state index in [1.54, 1.807) is 7.11 Å². The molecule has 0 radical (unpaired) electrons. The third-order valence-corrected chi connectivity index (χ3v) is 4.26. The number of β-lactam (4-membered cyclic amide) rings is 1. The molecule has 114 valence electrons. The highest BCUT2D eigenvalue weighted by atomic mass is 16.5. The van der Waals surface area contributed by atoms with Gasteiger partial charge in [0.05, 0.1) is 13.0 Å². The van der Waals surface area contributed by atoms with Gasteiger partial charge >= 0.3 is 0 Å². The lowest BCUT2D eigenvalue weighted by atomic mass is 9.91. The Kier molecular flexibility index (Phi) is 4.42. The Morgan fingerprint density at radius 3 is 2.45 bits per heavy atom. The number of amides is 1. The zero-order valence-corrected chi connectivity index (χ0v) is 12.9. The summed E-state index contributed by atoms with van der Waals surface area (Å²) in [6.07, 6.45) is 3.09. The second kappa shape index (κ2) is 6.65. The van der Waals surface area contributed by atoms with E-state index >= 15 is 0 Å². The van der Waals surface area contributed by atoms with Gasteiger partial charge in [0.1, 0.15) is 5.75 Å². The molecule has 0 saturated carbocycles. The van der Waals surface area contributed by atoms with E-state index in [-0.39, 0.29) is 11.8 Å². The number of hydrogen-bond acceptors (Lipinski definition) is 2. The van der Waals surface area contributed by atoms with Gasteiger partial charge in [-0.1, -0.05) is 30.3 Å². The van der Waals surface area contributed by atoms with Gasteiger partial charge in [-0.15, -0.1) is 0 Å². The van der Waals surface area contributed by atoms with Crippen LogP contribution >= 0.6 is 0 Å². The van der Waals surface area contributed by atoms with Crippen LogP contribution in [0.1, 0.15) is 18.4 Å². The number of rotatable bonds is 6. The molecule has 22 heavy (non-hydrogen) atoms. The van der Waals surface area contributed by atoms with Crippen molar-refractivity contribution < 1.29 is 9.53 Å². The second-order valence-corrected chi connectivity index (χ2v) is 5.72. The molecule has 1 saturated heterocycles. The number of anilines is 1. The monoisotopic (exact) mass is 295 g/mol. The Hall–Kier alpha value is -2.29. The molecular weight excluding hydrogens is 274 g/mol. The van der Waals surface area contributed by atoms with Crippen molar-refractivity contribution in [2.75, 3.05) is 18.6 Å². The number of methoxy groups -OCH3 is 1. The van der Waals surface area contributed by atoms with Gasteiger partial charge in [0, 0.05) is 12.2 Å². The summed E-state index contributed by atoms with van der Waals surface area (Å²) in [5, 5.41) is 0. The van der Waals surface area contributed by atoms with Gasteiger partial charge in [-0.05, 0) is 49.1 Å². The van der Waals surface area contributed by atoms with Crippen LogP contribution in [0.15, 0.2) is 54.6 Å². The summed E-state index contributed by atoms with van der Waals surface area (Å²) < 4.78 is 5.14. The normalized spacial score (nSPS) is 17.2. The largest absolute Gasteiger partial charge is 0.497 e. The van der Waals surface area contributed by atoms with E-state index in [0.717, 1.165) is 37.2 Å². The average Bonchev–Trinajstić information content (AvgIpc) is 2.58. The number of carbonyl (C=O) groups is 1. The van der Waals surface area contributed by atoms with Gasteiger partial charge in [-0.2, -0.15) is 0 Å². The molecule has 3 rings (SSSR count). The van der Waals surface area contributed by atoms with Crippen molar-refractivity contribution in [3.63, 3.8) is 0 Å². The van der Waals surface area contributed by atoms with Crippen molar-refractivity contribution >= 4 is 11.6 Å². The minimum Gasteiger partial charge on any atom is -0.497 e. The first kappa shape index (κ1) is 14.6. The summed E-state index contributed by atoms with van der Waals surface area (Å²) in [5.41, 5.74) is 2.31. The fourth-order valence-corrected chi connectivity index (χ4v) is 2.90. The molecule has 0 N–H and O–H groups in total. The van der Waals surface area contributed by atoms with Crippen molar-refractivity contribution in [2.24, 2.45) is 5.92 Å². The summed E-state index contributed by atoms with van der Waals surface area (Å²) >= 11 is 0. The van der Waals surface area contributed by atoms with E-state index in [9.17, 15) is 4.79 Å². The minimum absolute atomic E-state index is 0.186. The summed E-state index contributed by atoms with van der Waals surface area (Å²) in [4.78, 5) is 14.1. The molecule has 1 atom stereocenters. The highest BCUT2D eigenvalue weighted by Gasteiger charge is 2.36.